The third kappa shape index (κ3) is 4.93. The van der Waals surface area contributed by atoms with Gasteiger partial charge in [0.2, 0.25) is 0 Å². The Hall–Kier alpha value is -5.32. The fraction of sp³-hybridized carbons (Fsp3) is 0.200. The van der Waals surface area contributed by atoms with Gasteiger partial charge in [-0.1, -0.05) is 0 Å². The van der Waals surface area contributed by atoms with Gasteiger partial charge in [-0.15, -0.1) is 0 Å². The molecule has 11 nitrogen and oxygen atoms in total. The van der Waals surface area contributed by atoms with Gasteiger partial charge in [-0.05, 0) is 54.4 Å². The van der Waals surface area contributed by atoms with Gasteiger partial charge in [0.25, 0.3) is 17.4 Å². The Morgan fingerprint density at radius 1 is 0.976 bits per heavy atom. The standard InChI is InChI=1S/C30H27N3O8/c1-39-20-9-11-24-23(14-20)18(16-31-24)12-13-32-27(22-10-8-21(40-2)15-25(22)41-3)26(29(35)30(32)36)28(34)17-4-6-19(7-5-17)33(37)38/h4-11,14-16,27,31,34H,12-13H2,1-3H3/t27-/m0/s1. The van der Waals surface area contributed by atoms with Crippen LogP contribution in [0.3, 0.4) is 0 Å². The SMILES string of the molecule is COc1ccc([C@H]2C(=C(O)c3ccc([N+](=O)[O-])cc3)C(=O)C(=O)N2CCc2c[nH]c3ccc(OC)cc23)c(OC)c1. The number of H-pyrrole nitrogens is 1. The van der Waals surface area contributed by atoms with Crippen molar-refractivity contribution in [1.82, 2.24) is 9.88 Å². The third-order valence-corrected chi connectivity index (χ3v) is 7.22. The highest BCUT2D eigenvalue weighted by molar-refractivity contribution is 6.46. The Bertz CT molecular complexity index is 1690. The van der Waals surface area contributed by atoms with E-state index < -0.39 is 28.4 Å². The quantitative estimate of drug-likeness (QED) is 0.0985. The molecule has 0 unspecified atom stereocenters. The molecule has 1 aliphatic rings. The van der Waals surface area contributed by atoms with Crippen LogP contribution in [0.4, 0.5) is 5.69 Å². The van der Waals surface area contributed by atoms with Crippen molar-refractivity contribution in [3.05, 3.63) is 99.2 Å². The molecular formula is C30H27N3O8. The van der Waals surface area contributed by atoms with Gasteiger partial charge < -0.3 is 29.2 Å². The molecule has 11 heteroatoms. The third-order valence-electron chi connectivity index (χ3n) is 7.22. The molecule has 0 radical (unpaired) electrons. The zero-order valence-electron chi connectivity index (χ0n) is 22.5. The average Bonchev–Trinajstić information content (AvgIpc) is 3.52. The summed E-state index contributed by atoms with van der Waals surface area (Å²) in [5.74, 6) is -0.554. The predicted molar refractivity (Wildman–Crippen MR) is 150 cm³/mol. The molecular weight excluding hydrogens is 530 g/mol. The number of methoxy groups -OCH3 is 3. The van der Waals surface area contributed by atoms with Gasteiger partial charge in [0, 0.05) is 53.0 Å². The monoisotopic (exact) mass is 557 g/mol. The Labute approximate surface area is 234 Å². The van der Waals surface area contributed by atoms with Crippen LogP contribution in [0.5, 0.6) is 17.2 Å². The van der Waals surface area contributed by atoms with Crippen molar-refractivity contribution in [3.8, 4) is 17.2 Å². The van der Waals surface area contributed by atoms with Crippen LogP contribution in [-0.4, -0.2) is 59.5 Å². The number of nitrogens with zero attached hydrogens (tertiary/aromatic N) is 2. The molecule has 41 heavy (non-hydrogen) atoms. The Morgan fingerprint density at radius 2 is 1.66 bits per heavy atom. The number of benzene rings is 3. The van der Waals surface area contributed by atoms with Crippen LogP contribution in [-0.2, 0) is 16.0 Å². The molecule has 0 bridgehead atoms. The molecule has 1 fully saturated rings. The summed E-state index contributed by atoms with van der Waals surface area (Å²) >= 11 is 0. The molecule has 1 aromatic heterocycles. The summed E-state index contributed by atoms with van der Waals surface area (Å²) in [6.07, 6.45) is 2.24. The van der Waals surface area contributed by atoms with Gasteiger partial charge >= 0.3 is 0 Å². The van der Waals surface area contributed by atoms with Gasteiger partial charge in [0.05, 0.1) is 37.9 Å². The summed E-state index contributed by atoms with van der Waals surface area (Å²) in [6, 6.07) is 14.7. The summed E-state index contributed by atoms with van der Waals surface area (Å²) in [6.45, 7) is 0.144. The number of carbonyl (C=O) groups excluding carboxylic acids is 2. The van der Waals surface area contributed by atoms with E-state index in [1.54, 1.807) is 25.3 Å². The second-order valence-corrected chi connectivity index (χ2v) is 9.38. The molecule has 3 aromatic carbocycles. The van der Waals surface area contributed by atoms with Crippen LogP contribution in [0, 0.1) is 10.1 Å². The van der Waals surface area contributed by atoms with E-state index in [2.05, 4.69) is 4.98 Å². The number of fused-ring (bicyclic) bond motifs is 1. The Balaban J connectivity index is 1.60. The molecule has 2 N–H and O–H groups in total. The number of non-ortho nitro benzene ring substituents is 1. The molecule has 1 atom stereocenters. The van der Waals surface area contributed by atoms with Crippen molar-refractivity contribution in [3.63, 3.8) is 0 Å². The Morgan fingerprint density at radius 3 is 2.32 bits per heavy atom. The van der Waals surface area contributed by atoms with Crippen molar-refractivity contribution in [1.29, 1.82) is 0 Å². The van der Waals surface area contributed by atoms with Crippen molar-refractivity contribution in [2.75, 3.05) is 27.9 Å². The number of likely N-dealkylation sites (tertiary alicyclic amines) is 1. The Kier molecular flexibility index (Phi) is 7.34. The van der Waals surface area contributed by atoms with E-state index in [4.69, 9.17) is 14.2 Å². The first kappa shape index (κ1) is 27.3. The van der Waals surface area contributed by atoms with E-state index in [0.717, 1.165) is 16.5 Å². The summed E-state index contributed by atoms with van der Waals surface area (Å²) in [5, 5.41) is 23.4. The average molecular weight is 558 g/mol. The highest BCUT2D eigenvalue weighted by atomic mass is 16.6. The molecule has 0 spiro atoms. The van der Waals surface area contributed by atoms with E-state index in [1.807, 2.05) is 24.4 Å². The summed E-state index contributed by atoms with van der Waals surface area (Å²) < 4.78 is 16.3. The number of rotatable bonds is 9. The predicted octanol–water partition coefficient (Wildman–Crippen LogP) is 4.77. The number of ketones is 1. The van der Waals surface area contributed by atoms with E-state index in [9.17, 15) is 24.8 Å². The van der Waals surface area contributed by atoms with Gasteiger partial charge in [-0.2, -0.15) is 0 Å². The number of aromatic amines is 1. The number of Topliss-reactive ketones (excluding diaryl/α,β-unsaturated/α-hetero) is 1. The lowest BCUT2D eigenvalue weighted by Crippen LogP contribution is -2.31. The number of aromatic nitrogens is 1. The van der Waals surface area contributed by atoms with E-state index in [1.165, 1.54) is 43.4 Å². The smallest absolute Gasteiger partial charge is 0.295 e. The largest absolute Gasteiger partial charge is 0.507 e. The van der Waals surface area contributed by atoms with E-state index in [-0.39, 0.29) is 23.4 Å². The topological polar surface area (TPSA) is 144 Å². The summed E-state index contributed by atoms with van der Waals surface area (Å²) in [5.41, 5.74) is 2.12. The van der Waals surface area contributed by atoms with Gasteiger partial charge in [0.1, 0.15) is 23.0 Å². The first-order valence-electron chi connectivity index (χ1n) is 12.7. The maximum absolute atomic E-state index is 13.5. The number of hydrogen-bond donors (Lipinski definition) is 2. The molecule has 5 rings (SSSR count). The number of carbonyl (C=O) groups is 2. The lowest BCUT2D eigenvalue weighted by molar-refractivity contribution is -0.384. The molecule has 1 amide bonds. The van der Waals surface area contributed by atoms with Crippen molar-refractivity contribution < 1.29 is 33.8 Å². The number of aliphatic hydroxyl groups is 1. The van der Waals surface area contributed by atoms with Crippen molar-refractivity contribution in [2.24, 2.45) is 0 Å². The maximum atomic E-state index is 13.5. The molecule has 0 saturated carbocycles. The number of ether oxygens (including phenoxy) is 3. The minimum Gasteiger partial charge on any atom is -0.507 e. The van der Waals surface area contributed by atoms with E-state index >= 15 is 0 Å². The van der Waals surface area contributed by atoms with Crippen LogP contribution < -0.4 is 14.2 Å². The maximum Gasteiger partial charge on any atom is 0.295 e. The zero-order chi connectivity index (χ0) is 29.3. The van der Waals surface area contributed by atoms with Crippen molar-refractivity contribution in [2.45, 2.75) is 12.5 Å². The second-order valence-electron chi connectivity index (χ2n) is 9.38. The van der Waals surface area contributed by atoms with Crippen molar-refractivity contribution >= 4 is 34.0 Å². The van der Waals surface area contributed by atoms with Crippen LogP contribution in [0.1, 0.15) is 22.7 Å². The first-order valence-corrected chi connectivity index (χ1v) is 12.7. The minimum absolute atomic E-state index is 0.144. The van der Waals surface area contributed by atoms with Gasteiger partial charge in [-0.25, -0.2) is 0 Å². The van der Waals surface area contributed by atoms with Crippen LogP contribution in [0.15, 0.2) is 72.4 Å². The van der Waals surface area contributed by atoms with Crippen LogP contribution in [0.2, 0.25) is 0 Å². The highest BCUT2D eigenvalue weighted by Crippen LogP contribution is 2.44. The van der Waals surface area contributed by atoms with E-state index in [0.29, 0.717) is 29.2 Å². The number of nitro benzene ring substituents is 1. The van der Waals surface area contributed by atoms with Crippen LogP contribution >= 0.6 is 0 Å². The summed E-state index contributed by atoms with van der Waals surface area (Å²) in [4.78, 5) is 42.1. The number of amides is 1. The molecule has 1 aliphatic heterocycles. The van der Waals surface area contributed by atoms with Gasteiger partial charge in [0.15, 0.2) is 0 Å². The fourth-order valence-corrected chi connectivity index (χ4v) is 5.11. The first-order chi connectivity index (χ1) is 19.8. The second kappa shape index (κ2) is 11.0. The molecule has 2 heterocycles. The zero-order valence-corrected chi connectivity index (χ0v) is 22.5. The van der Waals surface area contributed by atoms with Gasteiger partial charge in [-0.3, -0.25) is 19.7 Å². The lowest BCUT2D eigenvalue weighted by Gasteiger charge is -2.27. The molecule has 0 aliphatic carbocycles. The molecule has 210 valence electrons. The van der Waals surface area contributed by atoms with Crippen LogP contribution in [0.25, 0.3) is 16.7 Å². The molecule has 4 aromatic rings. The number of nitro groups is 1. The number of hydrogen-bond acceptors (Lipinski definition) is 8. The summed E-state index contributed by atoms with van der Waals surface area (Å²) in [7, 11) is 4.55. The number of aliphatic hydroxyl groups excluding tert-OH is 1. The number of nitrogens with one attached hydrogen (secondary N) is 1. The normalized spacial score (nSPS) is 16.3. The molecule has 1 saturated heterocycles. The minimum atomic E-state index is -0.995. The fourth-order valence-electron chi connectivity index (χ4n) is 5.11. The highest BCUT2D eigenvalue weighted by Gasteiger charge is 2.47. The lowest BCUT2D eigenvalue weighted by atomic mass is 9.94.